The highest BCUT2D eigenvalue weighted by Crippen LogP contribution is 2.08. The minimum absolute atomic E-state index is 0.176. The molecular weight excluding hydrogens is 182 g/mol. The van der Waals surface area contributed by atoms with Crippen LogP contribution >= 0.6 is 0 Å². The fourth-order valence-electron chi connectivity index (χ4n) is 0.662. The molecule has 7 heteroatoms. The van der Waals surface area contributed by atoms with E-state index < -0.39 is 30.6 Å². The van der Waals surface area contributed by atoms with Crippen molar-refractivity contribution < 1.29 is 30.3 Å². The summed E-state index contributed by atoms with van der Waals surface area (Å²) in [6, 6.07) is 0. The van der Waals surface area contributed by atoms with E-state index in [1.807, 2.05) is 0 Å². The van der Waals surface area contributed by atoms with E-state index in [0.717, 1.165) is 0 Å². The van der Waals surface area contributed by atoms with Crippen molar-refractivity contribution in [1.29, 1.82) is 0 Å². The van der Waals surface area contributed by atoms with Gasteiger partial charge >= 0.3 is 0 Å². The van der Waals surface area contributed by atoms with Crippen LogP contribution in [-0.4, -0.2) is 62.5 Å². The van der Waals surface area contributed by atoms with Gasteiger partial charge in [-0.25, -0.2) is 0 Å². The van der Waals surface area contributed by atoms with Gasteiger partial charge in [0.25, 0.3) is 0 Å². The Morgan fingerprint density at radius 2 is 1.85 bits per heavy atom. The molecule has 78 valence electrons. The summed E-state index contributed by atoms with van der Waals surface area (Å²) in [6.45, 7) is -0.826. The predicted molar refractivity (Wildman–Crippen MR) is 40.3 cm³/mol. The minimum Gasteiger partial charge on any atom is -0.394 e. The fourth-order valence-corrected chi connectivity index (χ4v) is 0.662. The molecule has 0 aliphatic rings. The zero-order valence-corrected chi connectivity index (χ0v) is 6.74. The van der Waals surface area contributed by atoms with E-state index in [9.17, 15) is 4.79 Å². The lowest BCUT2D eigenvalue weighted by Gasteiger charge is -2.28. The predicted octanol–water partition coefficient (Wildman–Crippen LogP) is -4.09. The van der Waals surface area contributed by atoms with Gasteiger partial charge in [0.05, 0.1) is 6.61 Å². The molecule has 7 N–H and O–H groups in total. The van der Waals surface area contributed by atoms with E-state index in [2.05, 4.69) is 0 Å². The second kappa shape index (κ2) is 4.61. The molecule has 7 nitrogen and oxygen atoms in total. The third-order valence-corrected chi connectivity index (χ3v) is 1.57. The Bertz CT molecular complexity index is 173. The molecule has 0 amide bonds. The Morgan fingerprint density at radius 1 is 1.38 bits per heavy atom. The molecule has 0 heterocycles. The number of aliphatic hydroxyl groups excluding tert-OH is 4. The molecule has 0 saturated heterocycles. The highest BCUT2D eigenvalue weighted by Gasteiger charge is 2.39. The number of aliphatic hydroxyl groups is 5. The molecule has 0 aromatic carbocycles. The van der Waals surface area contributed by atoms with E-state index >= 15 is 0 Å². The van der Waals surface area contributed by atoms with E-state index in [4.69, 9.17) is 31.3 Å². The Morgan fingerprint density at radius 3 is 2.15 bits per heavy atom. The molecule has 13 heavy (non-hydrogen) atoms. The third-order valence-electron chi connectivity index (χ3n) is 1.57. The average Bonchev–Trinajstić information content (AvgIpc) is 2.14. The summed E-state index contributed by atoms with van der Waals surface area (Å²) in [5.41, 5.74) is 2.19. The smallest absolute Gasteiger partial charge is 0.199 e. The second-order valence-electron chi connectivity index (χ2n) is 2.69. The zero-order valence-electron chi connectivity index (χ0n) is 6.74. The molecule has 4 atom stereocenters. The van der Waals surface area contributed by atoms with Gasteiger partial charge in [0, 0.05) is 0 Å². The van der Waals surface area contributed by atoms with Crippen molar-refractivity contribution in [3.8, 4) is 0 Å². The Hall–Kier alpha value is -0.570. The first kappa shape index (κ1) is 12.4. The van der Waals surface area contributed by atoms with Crippen LogP contribution in [0.1, 0.15) is 0 Å². The van der Waals surface area contributed by atoms with Crippen LogP contribution in [0.15, 0.2) is 0 Å². The van der Waals surface area contributed by atoms with Crippen LogP contribution < -0.4 is 5.73 Å². The Kier molecular flexibility index (Phi) is 4.40. The standard InChI is InChI=1S/C6H13NO6/c7-6(13,2-9)5(12)4(11)3(10)1-8/h2-5,8,10-13H,1,7H2. The number of aldehydes is 1. The van der Waals surface area contributed by atoms with Gasteiger partial charge in [-0.2, -0.15) is 0 Å². The molecule has 0 aromatic heterocycles. The molecule has 0 radical (unpaired) electrons. The molecule has 0 aliphatic heterocycles. The second-order valence-corrected chi connectivity index (χ2v) is 2.69. The van der Waals surface area contributed by atoms with Gasteiger partial charge in [-0.15, -0.1) is 0 Å². The van der Waals surface area contributed by atoms with Gasteiger partial charge in [0.2, 0.25) is 0 Å². The molecule has 0 rings (SSSR count). The first-order valence-corrected chi connectivity index (χ1v) is 3.49. The minimum atomic E-state index is -2.64. The summed E-state index contributed by atoms with van der Waals surface area (Å²) >= 11 is 0. The first-order valence-electron chi connectivity index (χ1n) is 3.49. The van der Waals surface area contributed by atoms with Crippen LogP contribution in [-0.2, 0) is 4.79 Å². The van der Waals surface area contributed by atoms with Gasteiger partial charge < -0.3 is 25.5 Å². The Balaban J connectivity index is 4.40. The van der Waals surface area contributed by atoms with Crippen molar-refractivity contribution in [1.82, 2.24) is 0 Å². The van der Waals surface area contributed by atoms with E-state index in [0.29, 0.717) is 0 Å². The van der Waals surface area contributed by atoms with E-state index in [1.165, 1.54) is 0 Å². The summed E-state index contributed by atoms with van der Waals surface area (Å²) in [5, 5.41) is 44.1. The van der Waals surface area contributed by atoms with Crippen LogP contribution in [0, 0.1) is 0 Å². The maximum absolute atomic E-state index is 10.1. The summed E-state index contributed by atoms with van der Waals surface area (Å²) in [6.07, 6.45) is -5.81. The average molecular weight is 195 g/mol. The van der Waals surface area contributed by atoms with Gasteiger partial charge in [0.1, 0.15) is 18.3 Å². The quantitative estimate of drug-likeness (QED) is 0.193. The van der Waals surface area contributed by atoms with Gasteiger partial charge in [-0.05, 0) is 0 Å². The number of carbonyl (C=O) groups is 1. The number of hydrogen-bond donors (Lipinski definition) is 6. The Labute approximate surface area is 74.0 Å². The van der Waals surface area contributed by atoms with Gasteiger partial charge in [-0.3, -0.25) is 10.5 Å². The lowest BCUT2D eigenvalue weighted by Crippen LogP contribution is -2.60. The number of nitrogens with two attached hydrogens (primary N) is 1. The fraction of sp³-hybridized carbons (Fsp3) is 0.833. The topological polar surface area (TPSA) is 144 Å². The van der Waals surface area contributed by atoms with Crippen molar-refractivity contribution in [2.45, 2.75) is 24.0 Å². The SMILES string of the molecule is NC(O)(C=O)C(O)C(O)C(O)CO. The van der Waals surface area contributed by atoms with Crippen molar-refractivity contribution >= 4 is 6.29 Å². The number of carbonyl (C=O) groups excluding carboxylic acids is 1. The highest BCUT2D eigenvalue weighted by molar-refractivity contribution is 5.62. The molecular formula is C6H13NO6. The molecule has 0 spiro atoms. The van der Waals surface area contributed by atoms with Crippen molar-refractivity contribution in [3.05, 3.63) is 0 Å². The van der Waals surface area contributed by atoms with Crippen LogP contribution in [0.5, 0.6) is 0 Å². The zero-order chi connectivity index (χ0) is 10.6. The van der Waals surface area contributed by atoms with Crippen LogP contribution in [0.25, 0.3) is 0 Å². The van der Waals surface area contributed by atoms with Crippen molar-refractivity contribution in [3.63, 3.8) is 0 Å². The molecule has 4 unspecified atom stereocenters. The summed E-state index contributed by atoms with van der Waals surface area (Å²) in [5.74, 6) is 0. The molecule has 0 bridgehead atoms. The highest BCUT2D eigenvalue weighted by atomic mass is 16.4. The summed E-state index contributed by atoms with van der Waals surface area (Å²) < 4.78 is 0. The van der Waals surface area contributed by atoms with Crippen molar-refractivity contribution in [2.75, 3.05) is 6.61 Å². The summed E-state index contributed by atoms with van der Waals surface area (Å²) in [4.78, 5) is 10.1. The van der Waals surface area contributed by atoms with Gasteiger partial charge in [0.15, 0.2) is 12.0 Å². The monoisotopic (exact) mass is 195 g/mol. The van der Waals surface area contributed by atoms with Crippen LogP contribution in [0.4, 0.5) is 0 Å². The molecule has 0 aliphatic carbocycles. The number of hydrogen-bond acceptors (Lipinski definition) is 7. The van der Waals surface area contributed by atoms with Crippen LogP contribution in [0.3, 0.4) is 0 Å². The first-order chi connectivity index (χ1) is 5.86. The molecule has 0 saturated carbocycles. The molecule has 0 fully saturated rings. The molecule has 0 aromatic rings. The largest absolute Gasteiger partial charge is 0.394 e. The summed E-state index contributed by atoms with van der Waals surface area (Å²) in [7, 11) is 0. The van der Waals surface area contributed by atoms with Crippen molar-refractivity contribution in [2.24, 2.45) is 5.73 Å². The van der Waals surface area contributed by atoms with E-state index in [1.54, 1.807) is 0 Å². The maximum Gasteiger partial charge on any atom is 0.199 e. The van der Waals surface area contributed by atoms with E-state index in [-0.39, 0.29) is 6.29 Å². The third kappa shape index (κ3) is 2.99. The van der Waals surface area contributed by atoms with Gasteiger partial charge in [-0.1, -0.05) is 0 Å². The lowest BCUT2D eigenvalue weighted by atomic mass is 10.00. The number of rotatable bonds is 5. The maximum atomic E-state index is 10.1. The normalized spacial score (nSPS) is 22.9. The van der Waals surface area contributed by atoms with Crippen LogP contribution in [0.2, 0.25) is 0 Å². The lowest BCUT2D eigenvalue weighted by molar-refractivity contribution is -0.163.